The maximum Gasteiger partial charge on any atom is 0.416 e. The van der Waals surface area contributed by atoms with Gasteiger partial charge >= 0.3 is 12.2 Å². The predicted octanol–water partition coefficient (Wildman–Crippen LogP) is 3.86. The van der Waals surface area contributed by atoms with Crippen LogP contribution >= 0.6 is 0 Å². The highest BCUT2D eigenvalue weighted by Crippen LogP contribution is 2.32. The molecule has 2 rings (SSSR count). The van der Waals surface area contributed by atoms with E-state index in [-0.39, 0.29) is 29.8 Å². The molecule has 0 amide bonds. The summed E-state index contributed by atoms with van der Waals surface area (Å²) in [5.74, 6) is -0.358. The Balaban J connectivity index is 2.56. The lowest BCUT2D eigenvalue weighted by Crippen LogP contribution is -2.08. The summed E-state index contributed by atoms with van der Waals surface area (Å²) in [6.07, 6.45) is -1.55. The lowest BCUT2D eigenvalue weighted by molar-refractivity contribution is -0.137. The molecule has 0 saturated heterocycles. The molecule has 0 unspecified atom stereocenters. The third-order valence-corrected chi connectivity index (χ3v) is 3.54. The number of carbonyl (C=O) groups is 1. The summed E-state index contributed by atoms with van der Waals surface area (Å²) in [6.45, 7) is 3.61. The zero-order valence-electron chi connectivity index (χ0n) is 15.0. The molecule has 0 bridgehead atoms. The van der Waals surface area contributed by atoms with Crippen LogP contribution in [-0.4, -0.2) is 40.9 Å². The highest BCUT2D eigenvalue weighted by molar-refractivity contribution is 6.04. The van der Waals surface area contributed by atoms with Gasteiger partial charge in [0, 0.05) is 26.4 Å². The van der Waals surface area contributed by atoms with Crippen molar-refractivity contribution in [1.29, 1.82) is 0 Å². The van der Waals surface area contributed by atoms with E-state index in [0.29, 0.717) is 5.69 Å². The molecule has 0 spiro atoms. The zero-order valence-corrected chi connectivity index (χ0v) is 15.0. The van der Waals surface area contributed by atoms with E-state index >= 15 is 0 Å². The minimum Gasteiger partial charge on any atom is -0.465 e. The third kappa shape index (κ3) is 4.25. The van der Waals surface area contributed by atoms with Crippen LogP contribution in [0.15, 0.2) is 36.5 Å². The van der Waals surface area contributed by atoms with Crippen LogP contribution in [-0.2, 0) is 6.18 Å². The number of carbonyl (C=O) groups excluding carboxylic acids is 1. The normalized spacial score (nSPS) is 11.8. The van der Waals surface area contributed by atoms with Gasteiger partial charge in [-0.05, 0) is 32.0 Å². The number of hydrogen-bond acceptors (Lipinski definition) is 4. The van der Waals surface area contributed by atoms with Crippen molar-refractivity contribution < 1.29 is 22.7 Å². The number of hydrogen-bond donors (Lipinski definition) is 0. The van der Waals surface area contributed by atoms with Gasteiger partial charge in [-0.15, -0.1) is 0 Å². The van der Waals surface area contributed by atoms with E-state index in [4.69, 9.17) is 4.74 Å². The lowest BCUT2D eigenvalue weighted by Gasteiger charge is -2.12. The highest BCUT2D eigenvalue weighted by Gasteiger charge is 2.31. The van der Waals surface area contributed by atoms with Gasteiger partial charge in [0.1, 0.15) is 5.69 Å². The second-order valence-corrected chi connectivity index (χ2v) is 5.79. The summed E-state index contributed by atoms with van der Waals surface area (Å²) in [5.41, 5.74) is -0.0278. The molecule has 5 nitrogen and oxygen atoms in total. The van der Waals surface area contributed by atoms with Gasteiger partial charge in [-0.2, -0.15) is 18.2 Å². The zero-order chi connectivity index (χ0) is 19.5. The first-order valence-electron chi connectivity index (χ1n) is 7.94. The number of nitrogens with zero attached hydrogens (tertiary/aromatic N) is 3. The molecule has 0 atom stereocenters. The van der Waals surface area contributed by atoms with E-state index in [9.17, 15) is 18.0 Å². The van der Waals surface area contributed by atoms with Crippen molar-refractivity contribution in [3.05, 3.63) is 53.5 Å². The fourth-order valence-corrected chi connectivity index (χ4v) is 2.36. The molecule has 0 aliphatic carbocycles. The van der Waals surface area contributed by atoms with Gasteiger partial charge in [-0.25, -0.2) is 0 Å². The van der Waals surface area contributed by atoms with Crippen molar-refractivity contribution in [2.24, 2.45) is 0 Å². The fraction of sp³-hybridized carbons (Fsp3) is 0.333. The molecule has 140 valence electrons. The van der Waals surface area contributed by atoms with Crippen molar-refractivity contribution in [3.8, 4) is 11.7 Å². The minimum absolute atomic E-state index is 0.0749. The number of halogens is 3. The van der Waals surface area contributed by atoms with Gasteiger partial charge < -0.3 is 9.64 Å². The molecular formula is C18H20F3N3O2. The second-order valence-electron chi connectivity index (χ2n) is 5.79. The number of aromatic nitrogens is 2. The van der Waals surface area contributed by atoms with Gasteiger partial charge in [0.2, 0.25) is 5.78 Å². The van der Waals surface area contributed by atoms with E-state index in [1.54, 1.807) is 39.0 Å². The summed E-state index contributed by atoms with van der Waals surface area (Å²) in [5, 5.41) is 0. The van der Waals surface area contributed by atoms with Crippen LogP contribution < -0.4 is 4.74 Å². The highest BCUT2D eigenvalue weighted by atomic mass is 19.4. The quantitative estimate of drug-likeness (QED) is 0.575. The summed E-state index contributed by atoms with van der Waals surface area (Å²) in [6, 6.07) is 4.88. The van der Waals surface area contributed by atoms with E-state index in [0.717, 1.165) is 12.1 Å². The van der Waals surface area contributed by atoms with Crippen molar-refractivity contribution in [3.63, 3.8) is 0 Å². The SMILES string of the molecule is CCOc1nc(C(=O)/C=C/N(C)C)c(C)n1-c1cccc(C(F)(F)F)c1. The topological polar surface area (TPSA) is 47.4 Å². The summed E-state index contributed by atoms with van der Waals surface area (Å²) in [4.78, 5) is 18.3. The number of benzene rings is 1. The maximum absolute atomic E-state index is 13.0. The Morgan fingerprint density at radius 2 is 2.04 bits per heavy atom. The Labute approximate surface area is 149 Å². The Morgan fingerprint density at radius 3 is 2.62 bits per heavy atom. The van der Waals surface area contributed by atoms with E-state index < -0.39 is 11.7 Å². The van der Waals surface area contributed by atoms with Crippen LogP contribution in [0.2, 0.25) is 0 Å². The minimum atomic E-state index is -4.47. The van der Waals surface area contributed by atoms with Crippen molar-refractivity contribution in [2.75, 3.05) is 20.7 Å². The summed E-state index contributed by atoms with van der Waals surface area (Å²) >= 11 is 0. The monoisotopic (exact) mass is 367 g/mol. The number of rotatable bonds is 6. The molecule has 1 aromatic carbocycles. The molecule has 0 aliphatic rings. The molecule has 2 aromatic rings. The molecule has 8 heteroatoms. The van der Waals surface area contributed by atoms with Crippen LogP contribution in [0, 0.1) is 6.92 Å². The molecule has 26 heavy (non-hydrogen) atoms. The van der Waals surface area contributed by atoms with Gasteiger partial charge in [0.25, 0.3) is 0 Å². The van der Waals surface area contributed by atoms with Gasteiger partial charge in [0.15, 0.2) is 0 Å². The Hall–Kier alpha value is -2.77. The smallest absolute Gasteiger partial charge is 0.416 e. The van der Waals surface area contributed by atoms with Gasteiger partial charge in [-0.3, -0.25) is 9.36 Å². The molecule has 0 fully saturated rings. The average molecular weight is 367 g/mol. The number of allylic oxidation sites excluding steroid dienone is 1. The number of ether oxygens (including phenoxy) is 1. The lowest BCUT2D eigenvalue weighted by atomic mass is 10.2. The van der Waals surface area contributed by atoms with Gasteiger partial charge in [-0.1, -0.05) is 6.07 Å². The third-order valence-electron chi connectivity index (χ3n) is 3.54. The van der Waals surface area contributed by atoms with E-state index in [1.807, 2.05) is 0 Å². The van der Waals surface area contributed by atoms with Crippen molar-refractivity contribution >= 4 is 5.78 Å². The second kappa shape index (κ2) is 7.63. The largest absolute Gasteiger partial charge is 0.465 e. The summed E-state index contributed by atoms with van der Waals surface area (Å²) < 4.78 is 45.9. The molecule has 0 aliphatic heterocycles. The first-order valence-corrected chi connectivity index (χ1v) is 7.94. The van der Waals surface area contributed by atoms with E-state index in [2.05, 4.69) is 4.98 Å². The van der Waals surface area contributed by atoms with Crippen LogP contribution in [0.1, 0.15) is 28.7 Å². The van der Waals surface area contributed by atoms with E-state index in [1.165, 1.54) is 22.8 Å². The Morgan fingerprint density at radius 1 is 1.35 bits per heavy atom. The average Bonchev–Trinajstić information content (AvgIpc) is 2.89. The molecule has 0 radical (unpaired) electrons. The van der Waals surface area contributed by atoms with Crippen molar-refractivity contribution in [1.82, 2.24) is 14.5 Å². The Kier molecular flexibility index (Phi) is 5.74. The number of alkyl halides is 3. The van der Waals surface area contributed by atoms with Crippen LogP contribution in [0.25, 0.3) is 5.69 Å². The van der Waals surface area contributed by atoms with Crippen molar-refractivity contribution in [2.45, 2.75) is 20.0 Å². The van der Waals surface area contributed by atoms with Crippen LogP contribution in [0.5, 0.6) is 6.01 Å². The van der Waals surface area contributed by atoms with Gasteiger partial charge in [0.05, 0.1) is 23.6 Å². The molecule has 1 heterocycles. The fourth-order valence-electron chi connectivity index (χ4n) is 2.36. The van der Waals surface area contributed by atoms with Crippen LogP contribution in [0.4, 0.5) is 13.2 Å². The Bertz CT molecular complexity index is 824. The van der Waals surface area contributed by atoms with Crippen LogP contribution in [0.3, 0.4) is 0 Å². The number of imidazole rings is 1. The maximum atomic E-state index is 13.0. The number of ketones is 1. The molecule has 1 aromatic heterocycles. The summed E-state index contributed by atoms with van der Waals surface area (Å²) in [7, 11) is 3.53. The standard InChI is InChI=1S/C18H20F3N3O2/c1-5-26-17-22-16(15(25)9-10-23(3)4)12(2)24(17)14-8-6-7-13(11-14)18(19,20)21/h6-11H,5H2,1-4H3/b10-9+. The molecule has 0 N–H and O–H groups in total. The molecule has 0 saturated carbocycles. The first-order chi connectivity index (χ1) is 12.1. The molecular weight excluding hydrogens is 347 g/mol. The predicted molar refractivity (Wildman–Crippen MR) is 91.6 cm³/mol. The first kappa shape index (κ1) is 19.6.